The molecule has 0 aliphatic heterocycles. The molecule has 7 nitrogen and oxygen atoms in total. The van der Waals surface area contributed by atoms with Gasteiger partial charge in [0.25, 0.3) is 5.56 Å². The van der Waals surface area contributed by atoms with Crippen LogP contribution < -0.4 is 10.9 Å². The van der Waals surface area contributed by atoms with Crippen molar-refractivity contribution in [2.24, 2.45) is 5.92 Å². The Labute approximate surface area is 145 Å². The lowest BCUT2D eigenvalue weighted by Gasteiger charge is -2.37. The normalized spacial score (nSPS) is 20.6. The van der Waals surface area contributed by atoms with E-state index in [0.29, 0.717) is 29.9 Å². The number of hydrogen-bond acceptors (Lipinski definition) is 5. The molecule has 25 heavy (non-hydrogen) atoms. The highest BCUT2D eigenvalue weighted by Gasteiger charge is 2.36. The maximum atomic E-state index is 12.5. The van der Waals surface area contributed by atoms with Crippen LogP contribution in [0.1, 0.15) is 41.7 Å². The number of aromatic amines is 1. The molecular weight excluding hydrogens is 320 g/mol. The molecule has 7 heteroatoms. The number of carbonyl (C=O) groups is 1. The number of rotatable bonds is 5. The molecule has 0 bridgehead atoms. The molecule has 0 aromatic carbocycles. The lowest BCUT2D eigenvalue weighted by atomic mass is 9.76. The number of hydrogen-bond donors (Lipinski definition) is 3. The van der Waals surface area contributed by atoms with Crippen LogP contribution in [0.15, 0.2) is 29.2 Å². The van der Waals surface area contributed by atoms with Crippen molar-refractivity contribution in [1.29, 1.82) is 0 Å². The third-order valence-corrected chi connectivity index (χ3v) is 4.62. The predicted octanol–water partition coefficient (Wildman–Crippen LogP) is 0.953. The minimum Gasteiger partial charge on any atom is -0.393 e. The Morgan fingerprint density at radius 3 is 2.76 bits per heavy atom. The van der Waals surface area contributed by atoms with E-state index in [2.05, 4.69) is 20.3 Å². The molecule has 0 unspecified atom stereocenters. The van der Waals surface area contributed by atoms with Crippen molar-refractivity contribution in [2.45, 2.75) is 45.3 Å². The number of nitrogens with zero attached hydrogens (tertiary/aromatic N) is 2. The van der Waals surface area contributed by atoms with Gasteiger partial charge in [0.05, 0.1) is 24.3 Å². The van der Waals surface area contributed by atoms with Gasteiger partial charge in [0.2, 0.25) is 5.91 Å². The van der Waals surface area contributed by atoms with Gasteiger partial charge in [0.15, 0.2) is 0 Å². The van der Waals surface area contributed by atoms with Gasteiger partial charge < -0.3 is 15.4 Å². The molecule has 3 rings (SSSR count). The number of aliphatic hydroxyl groups excluding tert-OH is 1. The van der Waals surface area contributed by atoms with Gasteiger partial charge in [-0.3, -0.25) is 14.6 Å². The summed E-state index contributed by atoms with van der Waals surface area (Å²) in [4.78, 5) is 35.8. The van der Waals surface area contributed by atoms with E-state index in [1.165, 1.54) is 0 Å². The topological polar surface area (TPSA) is 108 Å². The Morgan fingerprint density at radius 2 is 2.16 bits per heavy atom. The third kappa shape index (κ3) is 3.93. The Bertz CT molecular complexity index is 813. The fourth-order valence-corrected chi connectivity index (χ4v) is 3.24. The summed E-state index contributed by atoms with van der Waals surface area (Å²) in [6.45, 7) is 3.43. The largest absolute Gasteiger partial charge is 0.393 e. The molecule has 1 aliphatic rings. The average molecular weight is 342 g/mol. The summed E-state index contributed by atoms with van der Waals surface area (Å²) >= 11 is 0. The van der Waals surface area contributed by atoms with E-state index in [0.717, 1.165) is 5.69 Å². The quantitative estimate of drug-likeness (QED) is 0.750. The van der Waals surface area contributed by atoms with Gasteiger partial charge in [-0.25, -0.2) is 4.98 Å². The van der Waals surface area contributed by atoms with E-state index in [1.807, 2.05) is 18.2 Å². The van der Waals surface area contributed by atoms with E-state index in [4.69, 9.17) is 0 Å². The van der Waals surface area contributed by atoms with Gasteiger partial charge in [0.1, 0.15) is 5.82 Å². The van der Waals surface area contributed by atoms with Crippen LogP contribution >= 0.6 is 0 Å². The lowest BCUT2D eigenvalue weighted by molar-refractivity contribution is -0.122. The van der Waals surface area contributed by atoms with Gasteiger partial charge in [-0.05, 0) is 44.7 Å². The van der Waals surface area contributed by atoms with Crippen LogP contribution in [0.5, 0.6) is 0 Å². The van der Waals surface area contributed by atoms with Crippen LogP contribution in [0.2, 0.25) is 0 Å². The Hall–Kier alpha value is -2.54. The first-order valence-corrected chi connectivity index (χ1v) is 8.38. The highest BCUT2D eigenvalue weighted by molar-refractivity contribution is 5.79. The summed E-state index contributed by atoms with van der Waals surface area (Å²) in [5, 5.41) is 12.6. The fourth-order valence-electron chi connectivity index (χ4n) is 3.24. The number of amides is 1. The van der Waals surface area contributed by atoms with Gasteiger partial charge in [0, 0.05) is 17.5 Å². The molecule has 0 saturated heterocycles. The van der Waals surface area contributed by atoms with Gasteiger partial charge >= 0.3 is 0 Å². The first-order valence-electron chi connectivity index (χ1n) is 8.38. The maximum Gasteiger partial charge on any atom is 0.254 e. The Kier molecular flexibility index (Phi) is 4.94. The summed E-state index contributed by atoms with van der Waals surface area (Å²) in [6.07, 6.45) is 2.59. The van der Waals surface area contributed by atoms with Crippen molar-refractivity contribution in [1.82, 2.24) is 20.3 Å². The summed E-state index contributed by atoms with van der Waals surface area (Å²) in [6, 6.07) is 5.28. The number of nitrogens with one attached hydrogen (secondary N) is 2. The highest BCUT2D eigenvalue weighted by atomic mass is 16.3. The number of aryl methyl sites for hydroxylation is 2. The van der Waals surface area contributed by atoms with Gasteiger partial charge in [-0.15, -0.1) is 0 Å². The minimum atomic E-state index is -0.320. The van der Waals surface area contributed by atoms with Crippen LogP contribution in [-0.4, -0.2) is 32.1 Å². The van der Waals surface area contributed by atoms with Crippen LogP contribution in [0, 0.1) is 19.8 Å². The van der Waals surface area contributed by atoms with Crippen LogP contribution in [0.3, 0.4) is 0 Å². The summed E-state index contributed by atoms with van der Waals surface area (Å²) in [5.74, 6) is 0.419. The van der Waals surface area contributed by atoms with E-state index in [-0.39, 0.29) is 36.0 Å². The zero-order chi connectivity index (χ0) is 18.0. The van der Waals surface area contributed by atoms with Gasteiger partial charge in [-0.1, -0.05) is 6.07 Å². The van der Waals surface area contributed by atoms with E-state index in [1.54, 1.807) is 20.0 Å². The smallest absolute Gasteiger partial charge is 0.254 e. The number of aliphatic hydroxyl groups is 1. The zero-order valence-corrected chi connectivity index (χ0v) is 14.3. The molecule has 3 N–H and O–H groups in total. The first-order chi connectivity index (χ1) is 11.9. The molecule has 1 fully saturated rings. The molecule has 1 saturated carbocycles. The zero-order valence-electron chi connectivity index (χ0n) is 14.3. The molecule has 0 radical (unpaired) electrons. The Balaban J connectivity index is 1.76. The first kappa shape index (κ1) is 17.3. The van der Waals surface area contributed by atoms with Crippen molar-refractivity contribution in [2.75, 3.05) is 0 Å². The minimum absolute atomic E-state index is 0.0347. The molecule has 1 aliphatic carbocycles. The van der Waals surface area contributed by atoms with Crippen molar-refractivity contribution < 1.29 is 9.90 Å². The molecule has 1 atom stereocenters. The average Bonchev–Trinajstić information content (AvgIpc) is 2.54. The molecule has 1 amide bonds. The van der Waals surface area contributed by atoms with Crippen molar-refractivity contribution in [3.8, 4) is 0 Å². The van der Waals surface area contributed by atoms with Crippen molar-refractivity contribution >= 4 is 5.91 Å². The summed E-state index contributed by atoms with van der Waals surface area (Å²) in [5.41, 5.74) is 1.41. The van der Waals surface area contributed by atoms with E-state index in [9.17, 15) is 14.7 Å². The number of carbonyl (C=O) groups excluding carboxylic acids is 1. The monoisotopic (exact) mass is 342 g/mol. The van der Waals surface area contributed by atoms with Crippen molar-refractivity contribution in [3.05, 3.63) is 57.5 Å². The predicted molar refractivity (Wildman–Crippen MR) is 91.9 cm³/mol. The Morgan fingerprint density at radius 1 is 1.40 bits per heavy atom. The molecular formula is C18H22N4O3. The number of aromatic nitrogens is 3. The molecule has 2 aromatic rings. The SMILES string of the molecule is Cc1nc(C)c(CC(=O)N[C@@H](c2ccccn2)C2CC(O)C2)c(=O)[nH]1. The second kappa shape index (κ2) is 7.14. The van der Waals surface area contributed by atoms with Crippen LogP contribution in [0.4, 0.5) is 0 Å². The second-order valence-corrected chi connectivity index (χ2v) is 6.58. The summed E-state index contributed by atoms with van der Waals surface area (Å²) < 4.78 is 0. The summed E-state index contributed by atoms with van der Waals surface area (Å²) in [7, 11) is 0. The maximum absolute atomic E-state index is 12.5. The molecule has 0 spiro atoms. The standard InChI is InChI=1S/C18H22N4O3/c1-10-14(18(25)21-11(2)20-10)9-16(24)22-17(12-7-13(23)8-12)15-5-3-4-6-19-15/h3-6,12-13,17,23H,7-9H2,1-2H3,(H,22,24)(H,20,21,25)/t12?,13?,17-/m1/s1. The highest BCUT2D eigenvalue weighted by Crippen LogP contribution is 2.37. The fraction of sp³-hybridized carbons (Fsp3) is 0.444. The number of pyridine rings is 1. The van der Waals surface area contributed by atoms with E-state index >= 15 is 0 Å². The number of H-pyrrole nitrogens is 1. The van der Waals surface area contributed by atoms with E-state index < -0.39 is 0 Å². The second-order valence-electron chi connectivity index (χ2n) is 6.58. The molecule has 2 aromatic heterocycles. The van der Waals surface area contributed by atoms with Gasteiger partial charge in [-0.2, -0.15) is 0 Å². The van der Waals surface area contributed by atoms with Crippen LogP contribution in [0.25, 0.3) is 0 Å². The van der Waals surface area contributed by atoms with Crippen LogP contribution in [-0.2, 0) is 11.2 Å². The molecule has 132 valence electrons. The third-order valence-electron chi connectivity index (χ3n) is 4.62. The van der Waals surface area contributed by atoms with Crippen molar-refractivity contribution in [3.63, 3.8) is 0 Å². The lowest BCUT2D eigenvalue weighted by Crippen LogP contribution is -2.42. The molecule has 2 heterocycles.